The van der Waals surface area contributed by atoms with Crippen LogP contribution in [-0.2, 0) is 9.59 Å². The van der Waals surface area contributed by atoms with Crippen molar-refractivity contribution in [1.29, 1.82) is 0 Å². The van der Waals surface area contributed by atoms with Crippen molar-refractivity contribution in [2.45, 2.75) is 31.3 Å². The second kappa shape index (κ2) is 6.35. The van der Waals surface area contributed by atoms with E-state index in [0.717, 1.165) is 18.9 Å². The first-order valence-corrected chi connectivity index (χ1v) is 6.77. The predicted molar refractivity (Wildman–Crippen MR) is 71.4 cm³/mol. The molecule has 120 valence electrons. The molecule has 0 saturated heterocycles. The first kappa shape index (κ1) is 16.3. The highest BCUT2D eigenvalue weighted by Crippen LogP contribution is 2.28. The Labute approximate surface area is 124 Å². The van der Waals surface area contributed by atoms with Crippen molar-refractivity contribution in [3.63, 3.8) is 0 Å². The summed E-state index contributed by atoms with van der Waals surface area (Å²) in [5, 5.41) is 14.1. The molecule has 0 atom stereocenters. The predicted octanol–water partition coefficient (Wildman–Crippen LogP) is 1.46. The number of benzene rings is 1. The highest BCUT2D eigenvalue weighted by molar-refractivity contribution is 6.39. The zero-order valence-corrected chi connectivity index (χ0v) is 11.6. The van der Waals surface area contributed by atoms with Gasteiger partial charge >= 0.3 is 11.8 Å². The number of carbonyl (C=O) groups is 2. The molecular formula is C14H15F3N2O3. The molecule has 0 unspecified atom stereocenters. The molecule has 2 amide bonds. The largest absolute Gasteiger partial charge is 0.388 e. The minimum atomic E-state index is -1.74. The molecule has 1 aromatic carbocycles. The molecule has 1 aliphatic rings. The first-order valence-electron chi connectivity index (χ1n) is 6.77. The molecule has 0 spiro atoms. The van der Waals surface area contributed by atoms with Crippen molar-refractivity contribution in [1.82, 2.24) is 5.32 Å². The summed E-state index contributed by atoms with van der Waals surface area (Å²) in [6.45, 7) is -0.0977. The van der Waals surface area contributed by atoms with E-state index in [4.69, 9.17) is 0 Å². The third-order valence-corrected chi connectivity index (χ3v) is 3.60. The summed E-state index contributed by atoms with van der Waals surface area (Å²) < 4.78 is 39.1. The Morgan fingerprint density at radius 2 is 1.73 bits per heavy atom. The second-order valence-corrected chi connectivity index (χ2v) is 5.29. The number of aliphatic hydroxyl groups is 1. The number of amides is 2. The van der Waals surface area contributed by atoms with Crippen molar-refractivity contribution in [3.8, 4) is 0 Å². The number of carbonyl (C=O) groups excluding carboxylic acids is 2. The molecule has 0 aliphatic heterocycles. The van der Waals surface area contributed by atoms with Gasteiger partial charge in [-0.3, -0.25) is 9.59 Å². The van der Waals surface area contributed by atoms with Crippen LogP contribution in [0.3, 0.4) is 0 Å². The lowest BCUT2D eigenvalue weighted by Crippen LogP contribution is -2.44. The van der Waals surface area contributed by atoms with Crippen LogP contribution in [-0.4, -0.2) is 29.1 Å². The van der Waals surface area contributed by atoms with E-state index in [0.29, 0.717) is 18.9 Å². The highest BCUT2D eigenvalue weighted by atomic mass is 19.2. The summed E-state index contributed by atoms with van der Waals surface area (Å²) in [4.78, 5) is 23.2. The lowest BCUT2D eigenvalue weighted by Gasteiger charge is -2.22. The number of halogens is 3. The van der Waals surface area contributed by atoms with Crippen molar-refractivity contribution in [2.75, 3.05) is 11.9 Å². The van der Waals surface area contributed by atoms with E-state index in [2.05, 4.69) is 5.32 Å². The zero-order chi connectivity index (χ0) is 16.3. The van der Waals surface area contributed by atoms with Crippen molar-refractivity contribution in [3.05, 3.63) is 29.6 Å². The van der Waals surface area contributed by atoms with Gasteiger partial charge in [-0.05, 0) is 25.0 Å². The minimum absolute atomic E-state index is 0.0977. The molecule has 5 nitrogen and oxygen atoms in total. The molecule has 8 heteroatoms. The van der Waals surface area contributed by atoms with Crippen LogP contribution in [0.4, 0.5) is 18.9 Å². The molecule has 3 N–H and O–H groups in total. The molecule has 22 heavy (non-hydrogen) atoms. The lowest BCUT2D eigenvalue weighted by atomic mass is 10.0. The van der Waals surface area contributed by atoms with Gasteiger partial charge in [-0.1, -0.05) is 12.8 Å². The highest BCUT2D eigenvalue weighted by Gasteiger charge is 2.32. The normalized spacial score (nSPS) is 16.4. The average Bonchev–Trinajstić information content (AvgIpc) is 2.92. The van der Waals surface area contributed by atoms with Gasteiger partial charge in [0.25, 0.3) is 0 Å². The number of hydrogen-bond donors (Lipinski definition) is 3. The van der Waals surface area contributed by atoms with E-state index in [1.807, 2.05) is 5.32 Å². The second-order valence-electron chi connectivity index (χ2n) is 5.29. The fourth-order valence-electron chi connectivity index (χ4n) is 2.34. The number of anilines is 1. The summed E-state index contributed by atoms with van der Waals surface area (Å²) in [6.07, 6.45) is 2.71. The molecule has 0 heterocycles. The van der Waals surface area contributed by atoms with Crippen molar-refractivity contribution < 1.29 is 27.9 Å². The van der Waals surface area contributed by atoms with Gasteiger partial charge in [-0.15, -0.1) is 0 Å². The molecule has 1 fully saturated rings. The summed E-state index contributed by atoms with van der Waals surface area (Å²) in [5.74, 6) is -7.05. The van der Waals surface area contributed by atoms with Gasteiger partial charge in [-0.2, -0.15) is 0 Å². The summed E-state index contributed by atoms with van der Waals surface area (Å²) >= 11 is 0. The van der Waals surface area contributed by atoms with Gasteiger partial charge in [-0.25, -0.2) is 13.2 Å². The van der Waals surface area contributed by atoms with E-state index in [9.17, 15) is 27.9 Å². The topological polar surface area (TPSA) is 78.4 Å². The van der Waals surface area contributed by atoms with Crippen molar-refractivity contribution >= 4 is 17.5 Å². The van der Waals surface area contributed by atoms with Crippen LogP contribution in [0.1, 0.15) is 25.7 Å². The Morgan fingerprint density at radius 1 is 1.09 bits per heavy atom. The Kier molecular flexibility index (Phi) is 4.70. The van der Waals surface area contributed by atoms with Gasteiger partial charge < -0.3 is 15.7 Å². The Morgan fingerprint density at radius 3 is 2.36 bits per heavy atom. The van der Waals surface area contributed by atoms with Gasteiger partial charge in [0, 0.05) is 6.54 Å². The van der Waals surface area contributed by atoms with Crippen LogP contribution in [0, 0.1) is 17.5 Å². The number of rotatable bonds is 3. The fourth-order valence-corrected chi connectivity index (χ4v) is 2.34. The monoisotopic (exact) mass is 316 g/mol. The number of nitrogens with one attached hydrogen (secondary N) is 2. The summed E-state index contributed by atoms with van der Waals surface area (Å²) in [5.41, 5.74) is -1.68. The standard InChI is InChI=1S/C14H15F3N2O3/c15-8-3-4-9(11(17)10(8)16)19-13(21)12(20)18-7-14(22)5-1-2-6-14/h3-4,22H,1-2,5-7H2,(H,18,20)(H,19,21). The van der Waals surface area contributed by atoms with E-state index < -0.39 is 40.6 Å². The van der Waals surface area contributed by atoms with Crippen LogP contribution in [0.5, 0.6) is 0 Å². The molecule has 1 aromatic rings. The first-order chi connectivity index (χ1) is 10.3. The number of hydrogen-bond acceptors (Lipinski definition) is 3. The maximum absolute atomic E-state index is 13.4. The average molecular weight is 316 g/mol. The van der Waals surface area contributed by atoms with E-state index in [1.165, 1.54) is 0 Å². The van der Waals surface area contributed by atoms with Crippen LogP contribution in [0.25, 0.3) is 0 Å². The molecule has 0 aromatic heterocycles. The molecular weight excluding hydrogens is 301 g/mol. The maximum Gasteiger partial charge on any atom is 0.313 e. The fraction of sp³-hybridized carbons (Fsp3) is 0.429. The van der Waals surface area contributed by atoms with E-state index in [-0.39, 0.29) is 6.54 Å². The minimum Gasteiger partial charge on any atom is -0.388 e. The quantitative estimate of drug-likeness (QED) is 0.583. The molecule has 0 bridgehead atoms. The molecule has 2 rings (SSSR count). The van der Waals surface area contributed by atoms with E-state index >= 15 is 0 Å². The van der Waals surface area contributed by atoms with Crippen LogP contribution in [0.15, 0.2) is 12.1 Å². The molecule has 1 aliphatic carbocycles. The van der Waals surface area contributed by atoms with Crippen LogP contribution < -0.4 is 10.6 Å². The smallest absolute Gasteiger partial charge is 0.313 e. The summed E-state index contributed by atoms with van der Waals surface area (Å²) in [6, 6.07) is 1.44. The maximum atomic E-state index is 13.4. The Balaban J connectivity index is 1.94. The molecule has 1 saturated carbocycles. The Hall–Kier alpha value is -2.09. The van der Waals surface area contributed by atoms with E-state index in [1.54, 1.807) is 0 Å². The summed E-state index contributed by atoms with van der Waals surface area (Å²) in [7, 11) is 0. The third-order valence-electron chi connectivity index (χ3n) is 3.60. The van der Waals surface area contributed by atoms with Gasteiger partial charge in [0.05, 0.1) is 11.3 Å². The van der Waals surface area contributed by atoms with Crippen LogP contribution >= 0.6 is 0 Å². The lowest BCUT2D eigenvalue weighted by molar-refractivity contribution is -0.136. The Bertz CT molecular complexity index is 601. The van der Waals surface area contributed by atoms with Gasteiger partial charge in [0.15, 0.2) is 17.5 Å². The zero-order valence-electron chi connectivity index (χ0n) is 11.6. The van der Waals surface area contributed by atoms with Crippen molar-refractivity contribution in [2.24, 2.45) is 0 Å². The third kappa shape index (κ3) is 3.56. The van der Waals surface area contributed by atoms with Crippen LogP contribution in [0.2, 0.25) is 0 Å². The molecule has 0 radical (unpaired) electrons. The van der Waals surface area contributed by atoms with Gasteiger partial charge in [0.1, 0.15) is 0 Å². The SMILES string of the molecule is O=C(NCC1(O)CCCC1)C(=O)Nc1ccc(F)c(F)c1F. The van der Waals surface area contributed by atoms with Gasteiger partial charge in [0.2, 0.25) is 0 Å².